The van der Waals surface area contributed by atoms with Crippen LogP contribution >= 0.6 is 0 Å². The molecule has 5 nitrogen and oxygen atoms in total. The van der Waals surface area contributed by atoms with Crippen molar-refractivity contribution >= 4 is 5.91 Å². The van der Waals surface area contributed by atoms with E-state index in [4.69, 9.17) is 4.74 Å². The van der Waals surface area contributed by atoms with E-state index in [1.807, 2.05) is 0 Å². The molecule has 0 spiro atoms. The van der Waals surface area contributed by atoms with Gasteiger partial charge in [-0.15, -0.1) is 0 Å². The Morgan fingerprint density at radius 2 is 1.86 bits per heavy atom. The predicted octanol–water partition coefficient (Wildman–Crippen LogP) is 0.209. The van der Waals surface area contributed by atoms with Gasteiger partial charge in [-0.2, -0.15) is 0 Å². The molecule has 0 aromatic rings. The lowest BCUT2D eigenvalue weighted by atomic mass is 9.86. The molecule has 4 rings (SSSR count). The number of hydrogen-bond donors (Lipinski definition) is 0. The van der Waals surface area contributed by atoms with Crippen LogP contribution in [-0.2, 0) is 9.53 Å². The number of likely N-dealkylation sites (tertiary alicyclic amines) is 1. The zero-order chi connectivity index (χ0) is 15.3. The highest BCUT2D eigenvalue weighted by Gasteiger charge is 2.55. The van der Waals surface area contributed by atoms with Crippen LogP contribution in [0.2, 0.25) is 0 Å². The van der Waals surface area contributed by atoms with Crippen LogP contribution in [0.4, 0.5) is 4.39 Å². The van der Waals surface area contributed by atoms with Gasteiger partial charge < -0.3 is 14.5 Å². The van der Waals surface area contributed by atoms with Crippen LogP contribution in [0.25, 0.3) is 0 Å². The van der Waals surface area contributed by atoms with E-state index in [2.05, 4.69) is 16.8 Å². The molecule has 0 aromatic heterocycles. The predicted molar refractivity (Wildman–Crippen MR) is 80.3 cm³/mol. The summed E-state index contributed by atoms with van der Waals surface area (Å²) >= 11 is 0. The van der Waals surface area contributed by atoms with Crippen molar-refractivity contribution in [3.63, 3.8) is 0 Å². The van der Waals surface area contributed by atoms with Gasteiger partial charge in [0.15, 0.2) is 5.67 Å². The standard InChI is InChI=1S/C16H26FN3O2/c1-18-4-6-19(7-5-18)14-11-22-10-12-8-20(9-13(12)14)15(21)16(17)2-3-16/h12-14H,2-11H2,1H3/t12-,13-,14+/m0/s1. The van der Waals surface area contributed by atoms with Crippen LogP contribution in [0.3, 0.4) is 0 Å². The van der Waals surface area contributed by atoms with Crippen molar-refractivity contribution in [3.05, 3.63) is 0 Å². The molecule has 124 valence electrons. The highest BCUT2D eigenvalue weighted by molar-refractivity contribution is 5.88. The Bertz CT molecular complexity index is 449. The summed E-state index contributed by atoms with van der Waals surface area (Å²) in [5.41, 5.74) is -1.53. The molecule has 3 aliphatic heterocycles. The number of carbonyl (C=O) groups is 1. The highest BCUT2D eigenvalue weighted by atomic mass is 19.1. The number of likely N-dealkylation sites (N-methyl/N-ethyl adjacent to an activating group) is 1. The SMILES string of the molecule is CN1CCN([C@@H]2COC[C@@H]3CN(C(=O)C4(F)CC4)C[C@@H]32)CC1. The molecule has 4 fully saturated rings. The van der Waals surface area contributed by atoms with Gasteiger partial charge in [0, 0.05) is 57.1 Å². The summed E-state index contributed by atoms with van der Waals surface area (Å²) in [5, 5.41) is 0. The van der Waals surface area contributed by atoms with E-state index < -0.39 is 5.67 Å². The van der Waals surface area contributed by atoms with E-state index in [1.165, 1.54) is 0 Å². The Labute approximate surface area is 131 Å². The Hall–Kier alpha value is -0.720. The Morgan fingerprint density at radius 1 is 1.14 bits per heavy atom. The van der Waals surface area contributed by atoms with Crippen molar-refractivity contribution in [1.82, 2.24) is 14.7 Å². The summed E-state index contributed by atoms with van der Waals surface area (Å²) < 4.78 is 19.9. The van der Waals surface area contributed by atoms with Gasteiger partial charge in [-0.25, -0.2) is 4.39 Å². The number of amides is 1. The summed E-state index contributed by atoms with van der Waals surface area (Å²) in [5.74, 6) is 0.562. The number of halogens is 1. The minimum atomic E-state index is -1.53. The molecule has 0 N–H and O–H groups in total. The lowest BCUT2D eigenvalue weighted by molar-refractivity contribution is -0.137. The molecule has 22 heavy (non-hydrogen) atoms. The van der Waals surface area contributed by atoms with E-state index >= 15 is 0 Å². The topological polar surface area (TPSA) is 36.0 Å². The zero-order valence-corrected chi connectivity index (χ0v) is 13.3. The normalized spacial score (nSPS) is 38.8. The van der Waals surface area contributed by atoms with E-state index in [0.717, 1.165) is 45.9 Å². The maximum Gasteiger partial charge on any atom is 0.260 e. The average Bonchev–Trinajstić information content (AvgIpc) is 3.12. The molecule has 3 atom stereocenters. The first-order chi connectivity index (χ1) is 10.6. The smallest absolute Gasteiger partial charge is 0.260 e. The molecular weight excluding hydrogens is 285 g/mol. The fraction of sp³-hybridized carbons (Fsp3) is 0.938. The molecule has 3 heterocycles. The second-order valence-electron chi connectivity index (χ2n) is 7.54. The molecule has 3 saturated heterocycles. The molecule has 1 saturated carbocycles. The van der Waals surface area contributed by atoms with Crippen molar-refractivity contribution in [1.29, 1.82) is 0 Å². The summed E-state index contributed by atoms with van der Waals surface area (Å²) in [6.45, 7) is 7.18. The summed E-state index contributed by atoms with van der Waals surface area (Å²) in [6, 6.07) is 0.389. The van der Waals surface area contributed by atoms with E-state index in [0.29, 0.717) is 37.3 Å². The zero-order valence-electron chi connectivity index (χ0n) is 13.3. The first-order valence-electron chi connectivity index (χ1n) is 8.55. The lowest BCUT2D eigenvalue weighted by Gasteiger charge is -2.43. The maximum absolute atomic E-state index is 14.1. The van der Waals surface area contributed by atoms with Crippen molar-refractivity contribution in [2.24, 2.45) is 11.8 Å². The molecule has 0 unspecified atom stereocenters. The van der Waals surface area contributed by atoms with Crippen molar-refractivity contribution < 1.29 is 13.9 Å². The molecule has 4 aliphatic rings. The first kappa shape index (κ1) is 14.8. The largest absolute Gasteiger partial charge is 0.379 e. The molecular formula is C16H26FN3O2. The molecule has 1 aliphatic carbocycles. The fourth-order valence-electron chi connectivity index (χ4n) is 4.28. The number of ether oxygens (including phenoxy) is 1. The van der Waals surface area contributed by atoms with Crippen LogP contribution in [0.1, 0.15) is 12.8 Å². The summed E-state index contributed by atoms with van der Waals surface area (Å²) in [6.07, 6.45) is 0.826. The third kappa shape index (κ3) is 2.55. The fourth-order valence-corrected chi connectivity index (χ4v) is 4.28. The Kier molecular flexibility index (Phi) is 3.66. The maximum atomic E-state index is 14.1. The summed E-state index contributed by atoms with van der Waals surface area (Å²) in [4.78, 5) is 18.9. The number of rotatable bonds is 2. The van der Waals surface area contributed by atoms with Crippen molar-refractivity contribution in [2.45, 2.75) is 24.6 Å². The van der Waals surface area contributed by atoms with Gasteiger partial charge >= 0.3 is 0 Å². The first-order valence-corrected chi connectivity index (χ1v) is 8.55. The van der Waals surface area contributed by atoms with Gasteiger partial charge in [0.1, 0.15) is 0 Å². The van der Waals surface area contributed by atoms with Crippen LogP contribution in [0.15, 0.2) is 0 Å². The van der Waals surface area contributed by atoms with Crippen molar-refractivity contribution in [2.75, 3.05) is 59.5 Å². The second kappa shape index (κ2) is 5.42. The molecule has 0 bridgehead atoms. The van der Waals surface area contributed by atoms with Gasteiger partial charge in [-0.05, 0) is 19.9 Å². The van der Waals surface area contributed by atoms with E-state index in [1.54, 1.807) is 4.90 Å². The third-order valence-electron chi connectivity index (χ3n) is 5.97. The molecule has 0 aromatic carbocycles. The number of nitrogens with zero attached hydrogens (tertiary/aromatic N) is 3. The third-order valence-corrected chi connectivity index (χ3v) is 5.97. The number of alkyl halides is 1. The van der Waals surface area contributed by atoms with Crippen LogP contribution in [0, 0.1) is 11.8 Å². The van der Waals surface area contributed by atoms with Gasteiger partial charge in [0.25, 0.3) is 5.91 Å². The minimum Gasteiger partial charge on any atom is -0.379 e. The summed E-state index contributed by atoms with van der Waals surface area (Å²) in [7, 11) is 2.16. The van der Waals surface area contributed by atoms with Crippen LogP contribution < -0.4 is 0 Å². The van der Waals surface area contributed by atoms with Gasteiger partial charge in [-0.1, -0.05) is 0 Å². The number of carbonyl (C=O) groups excluding carboxylic acids is 1. The number of piperazine rings is 1. The molecule has 1 amide bonds. The van der Waals surface area contributed by atoms with Crippen LogP contribution in [0.5, 0.6) is 0 Å². The quantitative estimate of drug-likeness (QED) is 0.730. The van der Waals surface area contributed by atoms with E-state index in [-0.39, 0.29) is 5.91 Å². The lowest BCUT2D eigenvalue weighted by Crippen LogP contribution is -2.56. The highest BCUT2D eigenvalue weighted by Crippen LogP contribution is 2.43. The molecule has 0 radical (unpaired) electrons. The van der Waals surface area contributed by atoms with Gasteiger partial charge in [0.05, 0.1) is 13.2 Å². The van der Waals surface area contributed by atoms with E-state index in [9.17, 15) is 9.18 Å². The second-order valence-corrected chi connectivity index (χ2v) is 7.54. The van der Waals surface area contributed by atoms with Gasteiger partial charge in [-0.3, -0.25) is 9.69 Å². The van der Waals surface area contributed by atoms with Crippen LogP contribution in [-0.4, -0.2) is 91.8 Å². The Balaban J connectivity index is 1.43. The minimum absolute atomic E-state index is 0.265. The number of hydrogen-bond acceptors (Lipinski definition) is 4. The molecule has 6 heteroatoms. The Morgan fingerprint density at radius 3 is 2.55 bits per heavy atom. The van der Waals surface area contributed by atoms with Crippen molar-refractivity contribution in [3.8, 4) is 0 Å². The monoisotopic (exact) mass is 311 g/mol. The average molecular weight is 311 g/mol. The number of fused-ring (bicyclic) bond motifs is 1. The van der Waals surface area contributed by atoms with Gasteiger partial charge in [0.2, 0.25) is 0 Å².